The first-order valence-electron chi connectivity index (χ1n) is 4.81. The van der Waals surface area contributed by atoms with E-state index >= 15 is 0 Å². The third-order valence-corrected chi connectivity index (χ3v) is 2.85. The van der Waals surface area contributed by atoms with Crippen molar-refractivity contribution in [3.05, 3.63) is 32.3 Å². The molecule has 17 heavy (non-hydrogen) atoms. The molecule has 0 aromatic heterocycles. The summed E-state index contributed by atoms with van der Waals surface area (Å²) in [4.78, 5) is 10.4. The second kappa shape index (κ2) is 5.31. The second-order valence-electron chi connectivity index (χ2n) is 3.50. The SMILES string of the molecule is COc1c([C@@H](N)CO)cc(Cl)c(C)c1[N+](=O)[O-]. The molecule has 6 nitrogen and oxygen atoms in total. The van der Waals surface area contributed by atoms with Gasteiger partial charge in [0.25, 0.3) is 0 Å². The Labute approximate surface area is 103 Å². The van der Waals surface area contributed by atoms with E-state index < -0.39 is 11.0 Å². The van der Waals surface area contributed by atoms with Crippen LogP contribution in [-0.4, -0.2) is 23.7 Å². The summed E-state index contributed by atoms with van der Waals surface area (Å²) >= 11 is 5.90. The predicted octanol–water partition coefficient (Wildman–Crippen LogP) is 1.56. The van der Waals surface area contributed by atoms with Crippen LogP contribution in [0.3, 0.4) is 0 Å². The van der Waals surface area contributed by atoms with Gasteiger partial charge in [-0.15, -0.1) is 0 Å². The zero-order valence-electron chi connectivity index (χ0n) is 9.44. The van der Waals surface area contributed by atoms with Crippen LogP contribution in [0.25, 0.3) is 0 Å². The molecule has 0 amide bonds. The van der Waals surface area contributed by atoms with Crippen LogP contribution in [0.4, 0.5) is 5.69 Å². The van der Waals surface area contributed by atoms with E-state index in [1.165, 1.54) is 20.1 Å². The summed E-state index contributed by atoms with van der Waals surface area (Å²) in [6, 6.07) is 0.700. The van der Waals surface area contributed by atoms with Crippen LogP contribution in [0.1, 0.15) is 17.2 Å². The minimum atomic E-state index is -0.776. The molecule has 0 heterocycles. The van der Waals surface area contributed by atoms with E-state index in [0.29, 0.717) is 11.1 Å². The third kappa shape index (κ3) is 2.49. The minimum absolute atomic E-state index is 0.0402. The van der Waals surface area contributed by atoms with E-state index in [9.17, 15) is 10.1 Å². The van der Waals surface area contributed by atoms with E-state index in [2.05, 4.69) is 0 Å². The normalized spacial score (nSPS) is 12.3. The molecule has 0 aliphatic rings. The Balaban J connectivity index is 3.57. The average Bonchev–Trinajstić information content (AvgIpc) is 2.30. The number of nitro benzene ring substituents is 1. The summed E-state index contributed by atoms with van der Waals surface area (Å²) in [6.07, 6.45) is 0. The largest absolute Gasteiger partial charge is 0.490 e. The molecule has 0 aliphatic heterocycles. The maximum Gasteiger partial charge on any atom is 0.315 e. The topological polar surface area (TPSA) is 98.6 Å². The number of ether oxygens (including phenoxy) is 1. The van der Waals surface area contributed by atoms with Gasteiger partial charge in [0.1, 0.15) is 0 Å². The molecule has 1 aromatic carbocycles. The highest BCUT2D eigenvalue weighted by molar-refractivity contribution is 6.31. The Hall–Kier alpha value is -1.37. The highest BCUT2D eigenvalue weighted by Gasteiger charge is 2.27. The fourth-order valence-electron chi connectivity index (χ4n) is 1.54. The molecular weight excluding hydrogens is 248 g/mol. The lowest BCUT2D eigenvalue weighted by Gasteiger charge is -2.15. The zero-order valence-corrected chi connectivity index (χ0v) is 10.2. The molecule has 0 spiro atoms. The molecule has 1 rings (SSSR count). The van der Waals surface area contributed by atoms with Gasteiger partial charge >= 0.3 is 5.69 Å². The molecule has 0 aliphatic carbocycles. The Kier molecular flexibility index (Phi) is 4.28. The fraction of sp³-hybridized carbons (Fsp3) is 0.400. The van der Waals surface area contributed by atoms with Crippen molar-refractivity contribution in [2.45, 2.75) is 13.0 Å². The van der Waals surface area contributed by atoms with Crippen LogP contribution in [0.15, 0.2) is 6.07 Å². The van der Waals surface area contributed by atoms with E-state index in [1.54, 1.807) is 0 Å². The maximum atomic E-state index is 11.0. The molecule has 7 heteroatoms. The van der Waals surface area contributed by atoms with Crippen LogP contribution >= 0.6 is 11.6 Å². The lowest BCUT2D eigenvalue weighted by molar-refractivity contribution is -0.386. The second-order valence-corrected chi connectivity index (χ2v) is 3.91. The van der Waals surface area contributed by atoms with Gasteiger partial charge in [0.2, 0.25) is 5.75 Å². The Bertz CT molecular complexity index is 450. The molecule has 0 fully saturated rings. The smallest absolute Gasteiger partial charge is 0.315 e. The first-order valence-corrected chi connectivity index (χ1v) is 5.19. The molecule has 0 bridgehead atoms. The van der Waals surface area contributed by atoms with Crippen molar-refractivity contribution in [1.29, 1.82) is 0 Å². The van der Waals surface area contributed by atoms with E-state index in [-0.39, 0.29) is 23.1 Å². The molecule has 1 atom stereocenters. The molecule has 0 unspecified atom stereocenters. The maximum absolute atomic E-state index is 11.0. The number of aliphatic hydroxyl groups excluding tert-OH is 1. The van der Waals surface area contributed by atoms with Gasteiger partial charge in [0.15, 0.2) is 0 Å². The quantitative estimate of drug-likeness (QED) is 0.632. The van der Waals surface area contributed by atoms with Crippen molar-refractivity contribution in [1.82, 2.24) is 0 Å². The van der Waals surface area contributed by atoms with Gasteiger partial charge < -0.3 is 15.6 Å². The van der Waals surface area contributed by atoms with Crippen molar-refractivity contribution in [3.63, 3.8) is 0 Å². The summed E-state index contributed by atoms with van der Waals surface area (Å²) in [6.45, 7) is 1.17. The average molecular weight is 261 g/mol. The zero-order chi connectivity index (χ0) is 13.2. The van der Waals surface area contributed by atoms with Crippen LogP contribution in [0.5, 0.6) is 5.75 Å². The standard InChI is InChI=1S/C10H13ClN2O4/c1-5-7(11)3-6(8(12)4-14)10(17-2)9(5)13(15)16/h3,8,14H,4,12H2,1-2H3/t8-/m0/s1. The minimum Gasteiger partial charge on any atom is -0.490 e. The number of nitrogens with zero attached hydrogens (tertiary/aromatic N) is 1. The van der Waals surface area contributed by atoms with Gasteiger partial charge in [-0.3, -0.25) is 10.1 Å². The van der Waals surface area contributed by atoms with Gasteiger partial charge in [-0.25, -0.2) is 0 Å². The number of rotatable bonds is 4. The number of aliphatic hydroxyl groups is 1. The lowest BCUT2D eigenvalue weighted by atomic mass is 10.0. The number of nitrogens with two attached hydrogens (primary N) is 1. The summed E-state index contributed by atoms with van der Waals surface area (Å²) < 4.78 is 5.01. The van der Waals surface area contributed by atoms with Crippen LogP contribution < -0.4 is 10.5 Å². The molecule has 1 aromatic rings. The third-order valence-electron chi connectivity index (χ3n) is 2.46. The van der Waals surface area contributed by atoms with Gasteiger partial charge in [0, 0.05) is 11.1 Å². The highest BCUT2D eigenvalue weighted by Crippen LogP contribution is 2.40. The Morgan fingerprint density at radius 3 is 2.71 bits per heavy atom. The number of methoxy groups -OCH3 is 1. The highest BCUT2D eigenvalue weighted by atomic mass is 35.5. The van der Waals surface area contributed by atoms with Gasteiger partial charge in [-0.05, 0) is 13.0 Å². The molecule has 0 saturated heterocycles. The molecular formula is C10H13ClN2O4. The Morgan fingerprint density at radius 2 is 2.29 bits per heavy atom. The number of halogens is 1. The van der Waals surface area contributed by atoms with Gasteiger partial charge in [-0.1, -0.05) is 11.6 Å². The summed E-state index contributed by atoms with van der Waals surface area (Å²) in [5.41, 5.74) is 6.05. The lowest BCUT2D eigenvalue weighted by Crippen LogP contribution is -2.16. The first-order chi connectivity index (χ1) is 7.93. The monoisotopic (exact) mass is 260 g/mol. The van der Waals surface area contributed by atoms with Crippen LogP contribution in [-0.2, 0) is 0 Å². The number of hydrogen-bond acceptors (Lipinski definition) is 5. The summed E-state index contributed by atoms with van der Waals surface area (Å²) in [5.74, 6) is 0.0402. The Morgan fingerprint density at radius 1 is 1.71 bits per heavy atom. The van der Waals surface area contributed by atoms with E-state index in [4.69, 9.17) is 27.2 Å². The summed E-state index contributed by atoms with van der Waals surface area (Å²) in [7, 11) is 1.31. The predicted molar refractivity (Wildman–Crippen MR) is 63.4 cm³/mol. The van der Waals surface area contributed by atoms with Crippen molar-refractivity contribution in [2.75, 3.05) is 13.7 Å². The van der Waals surface area contributed by atoms with Gasteiger partial charge in [-0.2, -0.15) is 0 Å². The molecule has 3 N–H and O–H groups in total. The van der Waals surface area contributed by atoms with Crippen molar-refractivity contribution in [2.24, 2.45) is 5.73 Å². The molecule has 94 valence electrons. The van der Waals surface area contributed by atoms with Crippen molar-refractivity contribution < 1.29 is 14.8 Å². The van der Waals surface area contributed by atoms with Crippen molar-refractivity contribution >= 4 is 17.3 Å². The number of benzene rings is 1. The molecule has 0 saturated carbocycles. The first kappa shape index (κ1) is 13.7. The molecule has 0 radical (unpaired) electrons. The fourth-order valence-corrected chi connectivity index (χ4v) is 1.75. The number of hydrogen-bond donors (Lipinski definition) is 2. The van der Waals surface area contributed by atoms with Crippen molar-refractivity contribution in [3.8, 4) is 5.75 Å². The van der Waals surface area contributed by atoms with E-state index in [1.807, 2.05) is 0 Å². The van der Waals surface area contributed by atoms with Crippen LogP contribution in [0.2, 0.25) is 5.02 Å². The summed E-state index contributed by atoms with van der Waals surface area (Å²) in [5, 5.41) is 20.2. The van der Waals surface area contributed by atoms with E-state index in [0.717, 1.165) is 0 Å². The number of nitro groups is 1. The van der Waals surface area contributed by atoms with Crippen LogP contribution in [0, 0.1) is 17.0 Å². The van der Waals surface area contributed by atoms with Gasteiger partial charge in [0.05, 0.1) is 29.7 Å².